The fourth-order valence-electron chi connectivity index (χ4n) is 1.62. The van der Waals surface area contributed by atoms with Crippen LogP contribution in [0.4, 0.5) is 4.39 Å². The van der Waals surface area contributed by atoms with Crippen molar-refractivity contribution >= 4 is 43.5 Å². The molecule has 0 aromatic heterocycles. The maximum Gasteiger partial charge on any atom is 0.156 e. The van der Waals surface area contributed by atoms with Crippen LogP contribution in [0, 0.1) is 5.82 Å². The number of hydrogen-bond donors (Lipinski definition) is 2. The Morgan fingerprint density at radius 3 is 2.05 bits per heavy atom. The first-order valence-corrected chi connectivity index (χ1v) is 7.45. The summed E-state index contributed by atoms with van der Waals surface area (Å²) in [6.07, 6.45) is 0. The summed E-state index contributed by atoms with van der Waals surface area (Å²) in [5.41, 5.74) is 12.5. The van der Waals surface area contributed by atoms with Crippen molar-refractivity contribution in [2.75, 3.05) is 0 Å². The van der Waals surface area contributed by atoms with Crippen LogP contribution in [0.3, 0.4) is 0 Å². The van der Waals surface area contributed by atoms with Crippen molar-refractivity contribution in [3.05, 3.63) is 68.4 Å². The maximum absolute atomic E-state index is 13.6. The van der Waals surface area contributed by atoms with Crippen LogP contribution in [-0.4, -0.2) is 11.7 Å². The lowest BCUT2D eigenvalue weighted by Crippen LogP contribution is -2.17. The molecule has 0 fully saturated rings. The van der Waals surface area contributed by atoms with Gasteiger partial charge in [0.05, 0.1) is 5.56 Å². The third kappa shape index (κ3) is 3.68. The number of nitrogens with two attached hydrogens (primary N) is 2. The van der Waals surface area contributed by atoms with Crippen LogP contribution < -0.4 is 11.5 Å². The molecule has 0 aliphatic rings. The molecule has 0 aliphatic heterocycles. The second-order valence-electron chi connectivity index (χ2n) is 4.05. The van der Waals surface area contributed by atoms with Crippen molar-refractivity contribution in [2.24, 2.45) is 21.7 Å². The molecule has 0 heterocycles. The van der Waals surface area contributed by atoms with Gasteiger partial charge < -0.3 is 11.5 Å². The fraction of sp³-hybridized carbons (Fsp3) is 0. The highest BCUT2D eigenvalue weighted by Gasteiger charge is 2.09. The number of rotatable bonds is 3. The molecule has 0 atom stereocenters. The Labute approximate surface area is 138 Å². The lowest BCUT2D eigenvalue weighted by Gasteiger charge is -2.05. The average Bonchev–Trinajstić information content (AvgIpc) is 2.45. The van der Waals surface area contributed by atoms with E-state index in [1.54, 1.807) is 12.1 Å². The van der Waals surface area contributed by atoms with Crippen LogP contribution in [0.1, 0.15) is 11.1 Å². The van der Waals surface area contributed by atoms with Gasteiger partial charge in [-0.1, -0.05) is 18.2 Å². The van der Waals surface area contributed by atoms with Gasteiger partial charge in [-0.05, 0) is 56.1 Å². The molecule has 0 bridgehead atoms. The Morgan fingerprint density at radius 1 is 0.857 bits per heavy atom. The average molecular weight is 414 g/mol. The SMILES string of the molecule is N/C(=N\N=C(/N)c1c(Br)cccc1Br)c1ccccc1F. The van der Waals surface area contributed by atoms with Gasteiger partial charge in [-0.25, -0.2) is 4.39 Å². The molecule has 108 valence electrons. The van der Waals surface area contributed by atoms with Gasteiger partial charge in [0.2, 0.25) is 0 Å². The summed E-state index contributed by atoms with van der Waals surface area (Å²) in [6, 6.07) is 11.6. The zero-order valence-electron chi connectivity index (χ0n) is 10.7. The summed E-state index contributed by atoms with van der Waals surface area (Å²) >= 11 is 6.76. The van der Waals surface area contributed by atoms with E-state index in [1.807, 2.05) is 18.2 Å². The Kier molecular flexibility index (Phi) is 5.08. The molecule has 0 saturated heterocycles. The molecule has 0 amide bonds. The molecule has 0 aliphatic carbocycles. The van der Waals surface area contributed by atoms with Crippen LogP contribution in [-0.2, 0) is 0 Å². The van der Waals surface area contributed by atoms with Crippen LogP contribution in [0.15, 0.2) is 61.6 Å². The first-order valence-electron chi connectivity index (χ1n) is 5.86. The molecule has 7 heteroatoms. The smallest absolute Gasteiger partial charge is 0.156 e. The van der Waals surface area contributed by atoms with Crippen LogP contribution in [0.5, 0.6) is 0 Å². The minimum Gasteiger partial charge on any atom is -0.382 e. The molecule has 2 aromatic rings. The number of halogens is 3. The molecule has 0 unspecified atom stereocenters. The third-order valence-electron chi connectivity index (χ3n) is 2.63. The lowest BCUT2D eigenvalue weighted by atomic mass is 10.2. The Hall–Kier alpha value is -1.73. The van der Waals surface area contributed by atoms with E-state index in [4.69, 9.17) is 11.5 Å². The normalized spacial score (nSPS) is 12.5. The van der Waals surface area contributed by atoms with E-state index in [2.05, 4.69) is 42.1 Å². The van der Waals surface area contributed by atoms with Crippen molar-refractivity contribution < 1.29 is 4.39 Å². The van der Waals surface area contributed by atoms with E-state index >= 15 is 0 Å². The molecule has 2 aromatic carbocycles. The molecule has 2 rings (SSSR count). The predicted octanol–water partition coefficient (Wildman–Crippen LogP) is 3.38. The van der Waals surface area contributed by atoms with Gasteiger partial charge >= 0.3 is 0 Å². The molecule has 21 heavy (non-hydrogen) atoms. The van der Waals surface area contributed by atoms with Gasteiger partial charge in [-0.2, -0.15) is 0 Å². The number of benzene rings is 2. The Balaban J connectivity index is 2.36. The van der Waals surface area contributed by atoms with Crippen molar-refractivity contribution in [3.8, 4) is 0 Å². The number of hydrogen-bond acceptors (Lipinski definition) is 2. The Bertz CT molecular complexity index is 708. The number of nitrogens with zero attached hydrogens (tertiary/aromatic N) is 2. The van der Waals surface area contributed by atoms with E-state index in [-0.39, 0.29) is 17.2 Å². The van der Waals surface area contributed by atoms with Crippen molar-refractivity contribution in [3.63, 3.8) is 0 Å². The maximum atomic E-state index is 13.6. The highest BCUT2D eigenvalue weighted by atomic mass is 79.9. The van der Waals surface area contributed by atoms with Crippen LogP contribution >= 0.6 is 31.9 Å². The predicted molar refractivity (Wildman–Crippen MR) is 89.7 cm³/mol. The second-order valence-corrected chi connectivity index (χ2v) is 5.76. The van der Waals surface area contributed by atoms with Gasteiger partial charge in [0.15, 0.2) is 11.7 Å². The van der Waals surface area contributed by atoms with Crippen molar-refractivity contribution in [1.29, 1.82) is 0 Å². The van der Waals surface area contributed by atoms with Gasteiger partial charge in [-0.3, -0.25) is 0 Å². The first-order chi connectivity index (χ1) is 10.0. The standard InChI is InChI=1S/C14H11Br2FN4/c15-9-5-3-6-10(16)12(9)14(19)21-20-13(18)8-4-1-2-7-11(8)17/h1-7H,(H2,18,20)(H2,19,21). The van der Waals surface area contributed by atoms with E-state index < -0.39 is 5.82 Å². The summed E-state index contributed by atoms with van der Waals surface area (Å²) in [7, 11) is 0. The zero-order chi connectivity index (χ0) is 15.4. The first kappa shape index (κ1) is 15.7. The molecule has 0 radical (unpaired) electrons. The van der Waals surface area contributed by atoms with Gasteiger partial charge in [0, 0.05) is 14.5 Å². The summed E-state index contributed by atoms with van der Waals surface area (Å²) in [5, 5.41) is 7.65. The van der Waals surface area contributed by atoms with Gasteiger partial charge in [0.1, 0.15) is 5.82 Å². The van der Waals surface area contributed by atoms with Gasteiger partial charge in [-0.15, -0.1) is 10.2 Å². The topological polar surface area (TPSA) is 76.8 Å². The van der Waals surface area contributed by atoms with E-state index in [1.165, 1.54) is 12.1 Å². The summed E-state index contributed by atoms with van der Waals surface area (Å²) in [6.45, 7) is 0. The van der Waals surface area contributed by atoms with Gasteiger partial charge in [0.25, 0.3) is 0 Å². The highest BCUT2D eigenvalue weighted by molar-refractivity contribution is 9.11. The van der Waals surface area contributed by atoms with Crippen molar-refractivity contribution in [1.82, 2.24) is 0 Å². The molecule has 4 nitrogen and oxygen atoms in total. The summed E-state index contributed by atoms with van der Waals surface area (Å²) in [5.74, 6) is -0.345. The summed E-state index contributed by atoms with van der Waals surface area (Å²) in [4.78, 5) is 0. The summed E-state index contributed by atoms with van der Waals surface area (Å²) < 4.78 is 15.1. The fourth-order valence-corrected chi connectivity index (χ4v) is 3.03. The molecule has 0 saturated carbocycles. The molecular weight excluding hydrogens is 403 g/mol. The number of amidine groups is 2. The van der Waals surface area contributed by atoms with E-state index in [9.17, 15) is 4.39 Å². The minimum atomic E-state index is -0.463. The highest BCUT2D eigenvalue weighted by Crippen LogP contribution is 2.24. The second kappa shape index (κ2) is 6.82. The van der Waals surface area contributed by atoms with E-state index in [0.717, 1.165) is 8.95 Å². The zero-order valence-corrected chi connectivity index (χ0v) is 13.9. The largest absolute Gasteiger partial charge is 0.382 e. The van der Waals surface area contributed by atoms with Crippen LogP contribution in [0.25, 0.3) is 0 Å². The van der Waals surface area contributed by atoms with Crippen molar-refractivity contribution in [2.45, 2.75) is 0 Å². The molecule has 4 N–H and O–H groups in total. The monoisotopic (exact) mass is 412 g/mol. The third-order valence-corrected chi connectivity index (χ3v) is 3.96. The van der Waals surface area contributed by atoms with Crippen LogP contribution in [0.2, 0.25) is 0 Å². The Morgan fingerprint density at radius 2 is 1.43 bits per heavy atom. The molecule has 0 spiro atoms. The molecular formula is C14H11Br2FN4. The lowest BCUT2D eigenvalue weighted by molar-refractivity contribution is 0.625. The van der Waals surface area contributed by atoms with E-state index in [0.29, 0.717) is 5.56 Å². The quantitative estimate of drug-likeness (QED) is 0.459. The minimum absolute atomic E-state index is 0.0424.